The lowest BCUT2D eigenvalue weighted by Gasteiger charge is -2.31. The first-order chi connectivity index (χ1) is 10.3. The van der Waals surface area contributed by atoms with Crippen LogP contribution in [0.2, 0.25) is 0 Å². The minimum atomic E-state index is -2.93. The molecular formula is C17H25NO3S. The predicted octanol–water partition coefficient (Wildman–Crippen LogP) is 2.71. The van der Waals surface area contributed by atoms with Gasteiger partial charge >= 0.3 is 0 Å². The van der Waals surface area contributed by atoms with Gasteiger partial charge in [-0.25, -0.2) is 8.42 Å². The van der Waals surface area contributed by atoms with Crippen molar-refractivity contribution in [1.29, 1.82) is 0 Å². The van der Waals surface area contributed by atoms with Crippen molar-refractivity contribution in [3.63, 3.8) is 0 Å². The predicted molar refractivity (Wildman–Crippen MR) is 88.9 cm³/mol. The largest absolute Gasteiger partial charge is 0.339 e. The quantitative estimate of drug-likeness (QED) is 0.856. The number of hydrogen-bond donors (Lipinski definition) is 0. The normalized spacial score (nSPS) is 17.0. The van der Waals surface area contributed by atoms with Crippen LogP contribution in [0.5, 0.6) is 0 Å². The van der Waals surface area contributed by atoms with Gasteiger partial charge in [-0.15, -0.1) is 0 Å². The zero-order valence-corrected chi connectivity index (χ0v) is 14.4. The van der Waals surface area contributed by atoms with E-state index in [0.29, 0.717) is 24.6 Å². The molecule has 1 fully saturated rings. The van der Waals surface area contributed by atoms with Gasteiger partial charge in [-0.2, -0.15) is 0 Å². The summed E-state index contributed by atoms with van der Waals surface area (Å²) in [6.45, 7) is 5.54. The van der Waals surface area contributed by atoms with Gasteiger partial charge in [0.25, 0.3) is 5.91 Å². The van der Waals surface area contributed by atoms with E-state index in [1.54, 1.807) is 0 Å². The van der Waals surface area contributed by atoms with Gasteiger partial charge in [-0.1, -0.05) is 26.0 Å². The highest BCUT2D eigenvalue weighted by Gasteiger charge is 2.25. The number of hydrogen-bond acceptors (Lipinski definition) is 3. The standard InChI is InChI=1S/C17H25NO3S/c1-13(2)15-4-6-16(7-5-15)17(19)18-10-8-14(9-11-18)12-22(3,20)21/h4-7,13-14H,8-12H2,1-3H3. The maximum Gasteiger partial charge on any atom is 0.253 e. The number of amides is 1. The summed E-state index contributed by atoms with van der Waals surface area (Å²) in [7, 11) is -2.93. The fourth-order valence-corrected chi connectivity index (χ4v) is 4.11. The Hall–Kier alpha value is -1.36. The van der Waals surface area contributed by atoms with Crippen LogP contribution in [0.1, 0.15) is 48.5 Å². The van der Waals surface area contributed by atoms with Gasteiger partial charge in [-0.3, -0.25) is 4.79 Å². The molecule has 22 heavy (non-hydrogen) atoms. The van der Waals surface area contributed by atoms with E-state index in [2.05, 4.69) is 13.8 Å². The third-order valence-corrected chi connectivity index (χ3v) is 5.34. The third-order valence-electron chi connectivity index (χ3n) is 4.26. The molecule has 1 aromatic rings. The smallest absolute Gasteiger partial charge is 0.253 e. The van der Waals surface area contributed by atoms with Crippen molar-refractivity contribution in [3.05, 3.63) is 35.4 Å². The monoisotopic (exact) mass is 323 g/mol. The zero-order valence-electron chi connectivity index (χ0n) is 13.6. The van der Waals surface area contributed by atoms with Crippen molar-refractivity contribution in [2.24, 2.45) is 5.92 Å². The number of likely N-dealkylation sites (tertiary alicyclic amines) is 1. The Labute approximate surface area is 133 Å². The molecular weight excluding hydrogens is 298 g/mol. The molecule has 4 nitrogen and oxygen atoms in total. The van der Waals surface area contributed by atoms with Gasteiger partial charge in [0.1, 0.15) is 9.84 Å². The summed E-state index contributed by atoms with van der Waals surface area (Å²) < 4.78 is 22.7. The molecule has 0 unspecified atom stereocenters. The maximum absolute atomic E-state index is 12.5. The average molecular weight is 323 g/mol. The lowest BCUT2D eigenvalue weighted by atomic mass is 9.97. The van der Waals surface area contributed by atoms with Crippen LogP contribution < -0.4 is 0 Å². The number of carbonyl (C=O) groups excluding carboxylic acids is 1. The average Bonchev–Trinajstić information content (AvgIpc) is 2.46. The Bertz CT molecular complexity index is 612. The number of sulfone groups is 1. The Morgan fingerprint density at radius 3 is 2.18 bits per heavy atom. The molecule has 0 aliphatic carbocycles. The summed E-state index contributed by atoms with van der Waals surface area (Å²) in [6.07, 6.45) is 2.81. The molecule has 0 atom stereocenters. The Kier molecular flexibility index (Phi) is 5.27. The van der Waals surface area contributed by atoms with Gasteiger partial charge in [0, 0.05) is 24.9 Å². The van der Waals surface area contributed by atoms with Crippen molar-refractivity contribution >= 4 is 15.7 Å². The summed E-state index contributed by atoms with van der Waals surface area (Å²) in [4.78, 5) is 14.3. The molecule has 0 bridgehead atoms. The molecule has 1 aromatic carbocycles. The molecule has 5 heteroatoms. The van der Waals surface area contributed by atoms with Crippen LogP contribution in [0.25, 0.3) is 0 Å². The SMILES string of the molecule is CC(C)c1ccc(C(=O)N2CCC(CS(C)(=O)=O)CC2)cc1. The third kappa shape index (κ3) is 4.57. The highest BCUT2D eigenvalue weighted by molar-refractivity contribution is 7.90. The van der Waals surface area contributed by atoms with E-state index < -0.39 is 9.84 Å². The molecule has 0 N–H and O–H groups in total. The molecule has 2 rings (SSSR count). The van der Waals surface area contributed by atoms with Gasteiger partial charge in [0.2, 0.25) is 0 Å². The first kappa shape index (κ1) is 17.0. The molecule has 122 valence electrons. The van der Waals surface area contributed by atoms with Crippen LogP contribution in [-0.2, 0) is 9.84 Å². The maximum atomic E-state index is 12.5. The molecule has 1 amide bonds. The van der Waals surface area contributed by atoms with Crippen LogP contribution in [0.15, 0.2) is 24.3 Å². The van der Waals surface area contributed by atoms with Crippen molar-refractivity contribution in [2.45, 2.75) is 32.6 Å². The highest BCUT2D eigenvalue weighted by Crippen LogP contribution is 2.21. The van der Waals surface area contributed by atoms with Crippen LogP contribution >= 0.6 is 0 Å². The molecule has 0 saturated carbocycles. The Balaban J connectivity index is 1.95. The van der Waals surface area contributed by atoms with Crippen molar-refractivity contribution in [1.82, 2.24) is 4.90 Å². The van der Waals surface area contributed by atoms with E-state index in [4.69, 9.17) is 0 Å². The van der Waals surface area contributed by atoms with Gasteiger partial charge in [0.15, 0.2) is 0 Å². The summed E-state index contributed by atoms with van der Waals surface area (Å²) >= 11 is 0. The van der Waals surface area contributed by atoms with Crippen molar-refractivity contribution in [2.75, 3.05) is 25.1 Å². The van der Waals surface area contributed by atoms with Crippen molar-refractivity contribution in [3.8, 4) is 0 Å². The highest BCUT2D eigenvalue weighted by atomic mass is 32.2. The van der Waals surface area contributed by atoms with E-state index >= 15 is 0 Å². The topological polar surface area (TPSA) is 54.5 Å². The number of piperidine rings is 1. The van der Waals surface area contributed by atoms with E-state index in [1.807, 2.05) is 29.2 Å². The zero-order chi connectivity index (χ0) is 16.3. The van der Waals surface area contributed by atoms with Gasteiger partial charge in [-0.05, 0) is 42.4 Å². The van der Waals surface area contributed by atoms with E-state index in [1.165, 1.54) is 11.8 Å². The fourth-order valence-electron chi connectivity index (χ4n) is 2.92. The molecule has 0 spiro atoms. The summed E-state index contributed by atoms with van der Waals surface area (Å²) in [6, 6.07) is 7.79. The van der Waals surface area contributed by atoms with E-state index in [-0.39, 0.29) is 17.6 Å². The van der Waals surface area contributed by atoms with Gasteiger partial charge < -0.3 is 4.90 Å². The van der Waals surface area contributed by atoms with Crippen LogP contribution in [0.3, 0.4) is 0 Å². The van der Waals surface area contributed by atoms with Crippen molar-refractivity contribution < 1.29 is 13.2 Å². The van der Waals surface area contributed by atoms with Crippen LogP contribution in [0, 0.1) is 5.92 Å². The second kappa shape index (κ2) is 6.82. The molecule has 1 saturated heterocycles. The fraction of sp³-hybridized carbons (Fsp3) is 0.588. The second-order valence-corrected chi connectivity index (χ2v) is 8.79. The minimum absolute atomic E-state index is 0.0492. The number of nitrogens with zero attached hydrogens (tertiary/aromatic N) is 1. The Morgan fingerprint density at radius 1 is 1.18 bits per heavy atom. The lowest BCUT2D eigenvalue weighted by Crippen LogP contribution is -2.39. The molecule has 0 radical (unpaired) electrons. The van der Waals surface area contributed by atoms with Crippen LogP contribution in [0.4, 0.5) is 0 Å². The van der Waals surface area contributed by atoms with E-state index in [0.717, 1.165) is 12.8 Å². The number of benzene rings is 1. The minimum Gasteiger partial charge on any atom is -0.339 e. The first-order valence-electron chi connectivity index (χ1n) is 7.83. The molecule has 1 aliphatic heterocycles. The first-order valence-corrected chi connectivity index (χ1v) is 9.89. The number of carbonyl (C=O) groups is 1. The summed E-state index contributed by atoms with van der Waals surface area (Å²) in [5.74, 6) is 0.921. The van der Waals surface area contributed by atoms with Gasteiger partial charge in [0.05, 0.1) is 5.75 Å². The Morgan fingerprint density at radius 2 is 1.73 bits per heavy atom. The lowest BCUT2D eigenvalue weighted by molar-refractivity contribution is 0.0698. The molecule has 1 heterocycles. The summed E-state index contributed by atoms with van der Waals surface area (Å²) in [5.41, 5.74) is 1.94. The molecule has 0 aromatic heterocycles. The summed E-state index contributed by atoms with van der Waals surface area (Å²) in [5, 5.41) is 0. The van der Waals surface area contributed by atoms with E-state index in [9.17, 15) is 13.2 Å². The molecule has 1 aliphatic rings. The number of rotatable bonds is 4. The van der Waals surface area contributed by atoms with Crippen LogP contribution in [-0.4, -0.2) is 44.3 Å². The second-order valence-electron chi connectivity index (χ2n) is 6.60.